The van der Waals surface area contributed by atoms with Crippen molar-refractivity contribution in [2.45, 2.75) is 25.5 Å². The van der Waals surface area contributed by atoms with Crippen molar-refractivity contribution in [1.82, 2.24) is 4.90 Å². The van der Waals surface area contributed by atoms with Crippen molar-refractivity contribution < 1.29 is 9.13 Å². The van der Waals surface area contributed by atoms with Crippen LogP contribution in [0.4, 0.5) is 10.1 Å². The number of nitrogens with zero attached hydrogens (tertiary/aromatic N) is 1. The van der Waals surface area contributed by atoms with E-state index in [1.807, 2.05) is 29.2 Å². The summed E-state index contributed by atoms with van der Waals surface area (Å²) in [5.74, 6) is -0.463. The third-order valence-electron chi connectivity index (χ3n) is 4.23. The Kier molecular flexibility index (Phi) is 6.70. The fraction of sp³-hybridized carbons (Fsp3) is 0.316. The van der Waals surface area contributed by atoms with Gasteiger partial charge in [0.05, 0.1) is 11.1 Å². The monoisotopic (exact) mass is 412 g/mol. The van der Waals surface area contributed by atoms with Gasteiger partial charge in [0.2, 0.25) is 0 Å². The van der Waals surface area contributed by atoms with E-state index in [1.54, 1.807) is 6.07 Å². The van der Waals surface area contributed by atoms with Crippen LogP contribution in [0.3, 0.4) is 0 Å². The topological polar surface area (TPSA) is 24.5 Å². The zero-order valence-electron chi connectivity index (χ0n) is 14.1. The van der Waals surface area contributed by atoms with Crippen LogP contribution in [0.5, 0.6) is 0 Å². The van der Waals surface area contributed by atoms with Crippen molar-refractivity contribution in [3.8, 4) is 0 Å². The first-order valence-electron chi connectivity index (χ1n) is 8.39. The van der Waals surface area contributed by atoms with Crippen LogP contribution in [-0.4, -0.2) is 29.3 Å². The molecular weight excluding hydrogens is 394 g/mol. The molecule has 0 spiro atoms. The molecule has 2 aromatic rings. The standard InChI is InChI=1S/C19H19Cl2FN2OS/c20-16-6-2-1-4-13(16)11-24(12-15-5-3-9-25-15)19(26)23-14-7-8-18(22)17(21)10-14/h1-2,4,6-8,10,15H,3,5,9,11-12H2,(H,23,26)/t15-/m0/s1. The molecule has 1 saturated heterocycles. The first-order valence-corrected chi connectivity index (χ1v) is 9.55. The van der Waals surface area contributed by atoms with Gasteiger partial charge in [0.1, 0.15) is 5.82 Å². The smallest absolute Gasteiger partial charge is 0.173 e. The maximum Gasteiger partial charge on any atom is 0.173 e. The second-order valence-electron chi connectivity index (χ2n) is 6.17. The lowest BCUT2D eigenvalue weighted by atomic mass is 10.2. The SMILES string of the molecule is Fc1ccc(NC(=S)N(Cc2ccccc2Cl)C[C@@H]2CCCO2)cc1Cl. The van der Waals surface area contributed by atoms with Crippen molar-refractivity contribution in [3.05, 3.63) is 63.9 Å². The molecular formula is C19H19Cl2FN2OS. The van der Waals surface area contributed by atoms with Crippen LogP contribution in [0.2, 0.25) is 10.0 Å². The van der Waals surface area contributed by atoms with Gasteiger partial charge < -0.3 is 15.0 Å². The number of anilines is 1. The van der Waals surface area contributed by atoms with Crippen LogP contribution in [-0.2, 0) is 11.3 Å². The Morgan fingerprint density at radius 1 is 1.23 bits per heavy atom. The number of rotatable bonds is 5. The summed E-state index contributed by atoms with van der Waals surface area (Å²) in [6.45, 7) is 1.99. The Labute approximate surface area is 168 Å². The predicted molar refractivity (Wildman–Crippen MR) is 108 cm³/mol. The Bertz CT molecular complexity index is 784. The zero-order valence-corrected chi connectivity index (χ0v) is 16.4. The van der Waals surface area contributed by atoms with Gasteiger partial charge in [-0.3, -0.25) is 0 Å². The number of hydrogen-bond donors (Lipinski definition) is 1. The number of thiocarbonyl (C=S) groups is 1. The van der Waals surface area contributed by atoms with E-state index < -0.39 is 5.82 Å². The molecule has 3 rings (SSSR count). The first-order chi connectivity index (χ1) is 12.5. The molecule has 0 radical (unpaired) electrons. The normalized spacial score (nSPS) is 16.5. The molecule has 0 amide bonds. The number of benzene rings is 2. The average Bonchev–Trinajstić information content (AvgIpc) is 3.12. The minimum absolute atomic E-state index is 0.0505. The molecule has 2 aromatic carbocycles. The van der Waals surface area contributed by atoms with E-state index in [1.165, 1.54) is 12.1 Å². The highest BCUT2D eigenvalue weighted by molar-refractivity contribution is 7.80. The highest BCUT2D eigenvalue weighted by Crippen LogP contribution is 2.22. The Hall–Kier alpha value is -1.40. The summed E-state index contributed by atoms with van der Waals surface area (Å²) in [5, 5.41) is 4.39. The van der Waals surface area contributed by atoms with Crippen LogP contribution in [0.1, 0.15) is 18.4 Å². The molecule has 7 heteroatoms. The Morgan fingerprint density at radius 2 is 2.04 bits per heavy atom. The molecule has 0 saturated carbocycles. The Balaban J connectivity index is 1.75. The van der Waals surface area contributed by atoms with Crippen LogP contribution in [0.15, 0.2) is 42.5 Å². The van der Waals surface area contributed by atoms with Gasteiger partial charge in [0.25, 0.3) is 0 Å². The van der Waals surface area contributed by atoms with Crippen LogP contribution in [0, 0.1) is 5.82 Å². The van der Waals surface area contributed by atoms with E-state index in [2.05, 4.69) is 5.32 Å². The number of hydrogen-bond acceptors (Lipinski definition) is 2. The van der Waals surface area contributed by atoms with Crippen molar-refractivity contribution in [2.24, 2.45) is 0 Å². The van der Waals surface area contributed by atoms with E-state index in [0.717, 1.165) is 25.0 Å². The average molecular weight is 413 g/mol. The van der Waals surface area contributed by atoms with Crippen molar-refractivity contribution in [1.29, 1.82) is 0 Å². The van der Waals surface area contributed by atoms with E-state index in [9.17, 15) is 4.39 Å². The summed E-state index contributed by atoms with van der Waals surface area (Å²) in [5.41, 5.74) is 1.62. The summed E-state index contributed by atoms with van der Waals surface area (Å²) in [6.07, 6.45) is 2.19. The second kappa shape index (κ2) is 9.00. The number of ether oxygens (including phenoxy) is 1. The molecule has 138 valence electrons. The fourth-order valence-corrected chi connectivity index (χ4v) is 3.50. The molecule has 0 bridgehead atoms. The quantitative estimate of drug-likeness (QED) is 0.654. The fourth-order valence-electron chi connectivity index (χ4n) is 2.86. The summed E-state index contributed by atoms with van der Waals surface area (Å²) < 4.78 is 19.1. The minimum atomic E-state index is -0.463. The summed E-state index contributed by atoms with van der Waals surface area (Å²) in [7, 11) is 0. The number of halogens is 3. The summed E-state index contributed by atoms with van der Waals surface area (Å²) in [4.78, 5) is 2.02. The maximum atomic E-state index is 13.4. The third kappa shape index (κ3) is 5.07. The molecule has 1 N–H and O–H groups in total. The molecule has 0 aliphatic carbocycles. The highest BCUT2D eigenvalue weighted by Gasteiger charge is 2.22. The lowest BCUT2D eigenvalue weighted by Crippen LogP contribution is -2.39. The largest absolute Gasteiger partial charge is 0.376 e. The van der Waals surface area contributed by atoms with Gasteiger partial charge in [-0.05, 0) is 54.9 Å². The molecule has 0 aromatic heterocycles. The molecule has 1 fully saturated rings. The zero-order chi connectivity index (χ0) is 18.5. The first kappa shape index (κ1) is 19.4. The van der Waals surface area contributed by atoms with Gasteiger partial charge in [-0.1, -0.05) is 41.4 Å². The van der Waals surface area contributed by atoms with Gasteiger partial charge in [-0.15, -0.1) is 0 Å². The van der Waals surface area contributed by atoms with Gasteiger partial charge in [0.15, 0.2) is 5.11 Å². The molecule has 3 nitrogen and oxygen atoms in total. The number of nitrogens with one attached hydrogen (secondary N) is 1. The Morgan fingerprint density at radius 3 is 2.73 bits per heavy atom. The molecule has 0 unspecified atom stereocenters. The van der Waals surface area contributed by atoms with E-state index in [-0.39, 0.29) is 11.1 Å². The molecule has 26 heavy (non-hydrogen) atoms. The molecule has 1 aliphatic rings. The van der Waals surface area contributed by atoms with Crippen molar-refractivity contribution in [3.63, 3.8) is 0 Å². The van der Waals surface area contributed by atoms with Gasteiger partial charge in [-0.25, -0.2) is 4.39 Å². The van der Waals surface area contributed by atoms with Gasteiger partial charge >= 0.3 is 0 Å². The third-order valence-corrected chi connectivity index (χ3v) is 5.24. The van der Waals surface area contributed by atoms with E-state index >= 15 is 0 Å². The van der Waals surface area contributed by atoms with E-state index in [0.29, 0.717) is 28.9 Å². The lowest BCUT2D eigenvalue weighted by Gasteiger charge is -2.28. The lowest BCUT2D eigenvalue weighted by molar-refractivity contribution is 0.0905. The maximum absolute atomic E-state index is 13.4. The molecule has 1 aliphatic heterocycles. The molecule has 1 atom stereocenters. The molecule has 1 heterocycles. The predicted octanol–water partition coefficient (Wildman–Crippen LogP) is 5.51. The van der Waals surface area contributed by atoms with Crippen LogP contribution in [0.25, 0.3) is 0 Å². The van der Waals surface area contributed by atoms with Crippen LogP contribution < -0.4 is 5.32 Å². The van der Waals surface area contributed by atoms with Crippen molar-refractivity contribution >= 4 is 46.2 Å². The van der Waals surface area contributed by atoms with Crippen molar-refractivity contribution in [2.75, 3.05) is 18.5 Å². The van der Waals surface area contributed by atoms with Gasteiger partial charge in [-0.2, -0.15) is 0 Å². The second-order valence-corrected chi connectivity index (χ2v) is 7.37. The minimum Gasteiger partial charge on any atom is -0.376 e. The highest BCUT2D eigenvalue weighted by atomic mass is 35.5. The summed E-state index contributed by atoms with van der Waals surface area (Å²) >= 11 is 17.8. The van der Waals surface area contributed by atoms with Gasteiger partial charge in [0, 0.05) is 30.4 Å². The van der Waals surface area contributed by atoms with Crippen LogP contribution >= 0.6 is 35.4 Å². The summed E-state index contributed by atoms with van der Waals surface area (Å²) in [6, 6.07) is 12.1. The van der Waals surface area contributed by atoms with E-state index in [4.69, 9.17) is 40.2 Å².